The fraction of sp³-hybridized carbons (Fsp3) is 0.235. The molecule has 2 N–H and O–H groups in total. The molecular formula is C17H17ClN4OS. The highest BCUT2D eigenvalue weighted by molar-refractivity contribution is 7.18. The van der Waals surface area contributed by atoms with Gasteiger partial charge in [-0.05, 0) is 30.7 Å². The zero-order valence-corrected chi connectivity index (χ0v) is 14.7. The molecule has 0 aliphatic rings. The average Bonchev–Trinajstić information content (AvgIpc) is 2.95. The number of aromatic nitrogens is 2. The molecule has 1 aromatic carbocycles. The molecule has 0 saturated heterocycles. The molecule has 3 aromatic rings. The Morgan fingerprint density at radius 2 is 2.04 bits per heavy atom. The van der Waals surface area contributed by atoms with Gasteiger partial charge in [0.2, 0.25) is 5.91 Å². The molecule has 3 rings (SSSR count). The number of aryl methyl sites for hydroxylation is 1. The molecule has 0 atom stereocenters. The molecule has 2 heterocycles. The maximum atomic E-state index is 11.9. The second-order valence-electron chi connectivity index (χ2n) is 5.38. The van der Waals surface area contributed by atoms with E-state index in [9.17, 15) is 4.79 Å². The van der Waals surface area contributed by atoms with Gasteiger partial charge in [-0.25, -0.2) is 9.97 Å². The van der Waals surface area contributed by atoms with E-state index in [0.29, 0.717) is 24.5 Å². The maximum Gasteiger partial charge on any atom is 0.222 e. The van der Waals surface area contributed by atoms with Crippen LogP contribution < -0.4 is 10.6 Å². The van der Waals surface area contributed by atoms with Gasteiger partial charge in [-0.3, -0.25) is 4.79 Å². The van der Waals surface area contributed by atoms with Crippen LogP contribution in [-0.4, -0.2) is 22.4 Å². The Kier molecular flexibility index (Phi) is 5.27. The molecule has 5 nitrogen and oxygen atoms in total. The van der Waals surface area contributed by atoms with E-state index in [4.69, 9.17) is 11.6 Å². The Morgan fingerprint density at radius 1 is 1.25 bits per heavy atom. The first-order valence-electron chi connectivity index (χ1n) is 7.58. The molecular weight excluding hydrogens is 344 g/mol. The van der Waals surface area contributed by atoms with E-state index in [0.717, 1.165) is 21.6 Å². The van der Waals surface area contributed by atoms with Crippen molar-refractivity contribution < 1.29 is 4.79 Å². The van der Waals surface area contributed by atoms with E-state index < -0.39 is 0 Å². The van der Waals surface area contributed by atoms with Gasteiger partial charge >= 0.3 is 0 Å². The molecule has 0 radical (unpaired) electrons. The molecule has 7 heteroatoms. The summed E-state index contributed by atoms with van der Waals surface area (Å²) in [5.41, 5.74) is 1.02. The Labute approximate surface area is 149 Å². The molecule has 124 valence electrons. The zero-order chi connectivity index (χ0) is 16.9. The third-order valence-corrected chi connectivity index (χ3v) is 4.71. The van der Waals surface area contributed by atoms with Crippen molar-refractivity contribution in [1.82, 2.24) is 15.3 Å². The number of thiophene rings is 1. The van der Waals surface area contributed by atoms with Crippen LogP contribution in [0.1, 0.15) is 16.9 Å². The fourth-order valence-electron chi connectivity index (χ4n) is 2.30. The smallest absolute Gasteiger partial charge is 0.222 e. The van der Waals surface area contributed by atoms with Crippen molar-refractivity contribution in [2.75, 3.05) is 11.9 Å². The summed E-state index contributed by atoms with van der Waals surface area (Å²) in [6.45, 7) is 3.06. The van der Waals surface area contributed by atoms with E-state index in [2.05, 4.69) is 26.7 Å². The van der Waals surface area contributed by atoms with Crippen LogP contribution in [0.3, 0.4) is 0 Å². The maximum absolute atomic E-state index is 11.9. The predicted octanol–water partition coefficient (Wildman–Crippen LogP) is 3.77. The lowest BCUT2D eigenvalue weighted by Gasteiger charge is -2.08. The van der Waals surface area contributed by atoms with E-state index in [-0.39, 0.29) is 5.91 Å². The average molecular weight is 361 g/mol. The summed E-state index contributed by atoms with van der Waals surface area (Å²) < 4.78 is 0. The van der Waals surface area contributed by atoms with E-state index >= 15 is 0 Å². The summed E-state index contributed by atoms with van der Waals surface area (Å²) in [6, 6.07) is 9.49. The summed E-state index contributed by atoms with van der Waals surface area (Å²) in [5, 5.41) is 7.80. The number of fused-ring (bicyclic) bond motifs is 1. The number of halogens is 1. The first-order valence-corrected chi connectivity index (χ1v) is 8.77. The van der Waals surface area contributed by atoms with Crippen LogP contribution in [0.25, 0.3) is 10.2 Å². The highest BCUT2D eigenvalue weighted by atomic mass is 35.5. The molecule has 0 bridgehead atoms. The van der Waals surface area contributed by atoms with Gasteiger partial charge in [-0.2, -0.15) is 0 Å². The first-order chi connectivity index (χ1) is 11.6. The minimum Gasteiger partial charge on any atom is -0.369 e. The van der Waals surface area contributed by atoms with E-state index in [1.165, 1.54) is 4.88 Å². The molecule has 0 aliphatic carbocycles. The van der Waals surface area contributed by atoms with Gasteiger partial charge in [0, 0.05) is 29.4 Å². The highest BCUT2D eigenvalue weighted by Crippen LogP contribution is 2.27. The molecule has 0 fully saturated rings. The van der Waals surface area contributed by atoms with Crippen LogP contribution >= 0.6 is 22.9 Å². The van der Waals surface area contributed by atoms with Crippen LogP contribution in [-0.2, 0) is 11.3 Å². The minimum atomic E-state index is -0.00995. The number of nitrogens with one attached hydrogen (secondary N) is 2. The van der Waals surface area contributed by atoms with Gasteiger partial charge in [0.25, 0.3) is 0 Å². The summed E-state index contributed by atoms with van der Waals surface area (Å²) >= 11 is 7.47. The minimum absolute atomic E-state index is 0.00995. The van der Waals surface area contributed by atoms with Crippen LogP contribution in [0.4, 0.5) is 5.82 Å². The number of anilines is 1. The Hall–Kier alpha value is -2.18. The number of carbonyl (C=O) groups is 1. The fourth-order valence-corrected chi connectivity index (χ4v) is 3.28. The SMILES string of the molecule is Cc1cc2c(NCCC(=O)NCc3ccc(Cl)cc3)ncnc2s1. The molecule has 2 aromatic heterocycles. The van der Waals surface area contributed by atoms with Crippen molar-refractivity contribution in [1.29, 1.82) is 0 Å². The summed E-state index contributed by atoms with van der Waals surface area (Å²) in [7, 11) is 0. The Bertz CT molecular complexity index is 847. The Balaban J connectivity index is 1.48. The van der Waals surface area contributed by atoms with E-state index in [1.54, 1.807) is 17.7 Å². The lowest BCUT2D eigenvalue weighted by molar-refractivity contribution is -0.121. The molecule has 1 amide bonds. The van der Waals surface area contributed by atoms with Gasteiger partial charge in [0.1, 0.15) is 17.0 Å². The van der Waals surface area contributed by atoms with Crippen molar-refractivity contribution in [3.63, 3.8) is 0 Å². The summed E-state index contributed by atoms with van der Waals surface area (Å²) in [5.74, 6) is 0.763. The van der Waals surface area contributed by atoms with Crippen molar-refractivity contribution in [2.24, 2.45) is 0 Å². The number of benzene rings is 1. The molecule has 0 spiro atoms. The van der Waals surface area contributed by atoms with Crippen molar-refractivity contribution in [3.05, 3.63) is 52.1 Å². The molecule has 0 aliphatic heterocycles. The number of carbonyl (C=O) groups excluding carboxylic acids is 1. The van der Waals surface area contributed by atoms with Crippen molar-refractivity contribution >= 4 is 44.9 Å². The normalized spacial score (nSPS) is 10.8. The number of hydrogen-bond donors (Lipinski definition) is 2. The lowest BCUT2D eigenvalue weighted by atomic mass is 10.2. The number of nitrogens with zero attached hydrogens (tertiary/aromatic N) is 2. The second kappa shape index (κ2) is 7.59. The Morgan fingerprint density at radius 3 is 2.83 bits per heavy atom. The van der Waals surface area contributed by atoms with Gasteiger partial charge in [-0.15, -0.1) is 11.3 Å². The van der Waals surface area contributed by atoms with Gasteiger partial charge in [0.15, 0.2) is 0 Å². The van der Waals surface area contributed by atoms with Crippen molar-refractivity contribution in [2.45, 2.75) is 19.9 Å². The largest absolute Gasteiger partial charge is 0.369 e. The second-order valence-corrected chi connectivity index (χ2v) is 7.05. The predicted molar refractivity (Wildman–Crippen MR) is 98.6 cm³/mol. The number of hydrogen-bond acceptors (Lipinski definition) is 5. The van der Waals surface area contributed by atoms with Crippen LogP contribution in [0.15, 0.2) is 36.7 Å². The molecule has 0 saturated carbocycles. The van der Waals surface area contributed by atoms with Gasteiger partial charge in [0.05, 0.1) is 5.39 Å². The van der Waals surface area contributed by atoms with Crippen molar-refractivity contribution in [3.8, 4) is 0 Å². The lowest BCUT2D eigenvalue weighted by Crippen LogP contribution is -2.25. The number of rotatable bonds is 6. The highest BCUT2D eigenvalue weighted by Gasteiger charge is 2.07. The first kappa shape index (κ1) is 16.7. The van der Waals surface area contributed by atoms with Crippen LogP contribution in [0.2, 0.25) is 5.02 Å². The number of amides is 1. The van der Waals surface area contributed by atoms with Gasteiger partial charge < -0.3 is 10.6 Å². The quantitative estimate of drug-likeness (QED) is 0.702. The monoisotopic (exact) mass is 360 g/mol. The summed E-state index contributed by atoms with van der Waals surface area (Å²) in [6.07, 6.45) is 1.92. The summed E-state index contributed by atoms with van der Waals surface area (Å²) in [4.78, 5) is 22.6. The van der Waals surface area contributed by atoms with Gasteiger partial charge in [-0.1, -0.05) is 23.7 Å². The standard InChI is InChI=1S/C17H17ClN4OS/c1-11-8-14-16(21-10-22-17(14)24-11)19-7-6-15(23)20-9-12-2-4-13(18)5-3-12/h2-5,8,10H,6-7,9H2,1H3,(H,20,23)(H,19,21,22). The van der Waals surface area contributed by atoms with E-state index in [1.807, 2.05) is 31.2 Å². The third kappa shape index (κ3) is 4.21. The zero-order valence-electron chi connectivity index (χ0n) is 13.2. The molecule has 0 unspecified atom stereocenters. The van der Waals surface area contributed by atoms with Crippen LogP contribution in [0.5, 0.6) is 0 Å². The topological polar surface area (TPSA) is 66.9 Å². The molecule has 24 heavy (non-hydrogen) atoms. The third-order valence-electron chi connectivity index (χ3n) is 3.50. The van der Waals surface area contributed by atoms with Crippen LogP contribution in [0, 0.1) is 6.92 Å².